The smallest absolute Gasteiger partial charge is 0.250 e. The number of carbonyl (C=O) groups excluding carboxylic acids is 2. The number of dihydropyridines is 1. The lowest BCUT2D eigenvalue weighted by Gasteiger charge is -2.12. The summed E-state index contributed by atoms with van der Waals surface area (Å²) in [5, 5.41) is 12.1. The molecule has 0 aliphatic carbocycles. The molecule has 1 aromatic carbocycles. The van der Waals surface area contributed by atoms with Crippen molar-refractivity contribution >= 4 is 47.6 Å². The van der Waals surface area contributed by atoms with E-state index in [9.17, 15) is 9.59 Å². The van der Waals surface area contributed by atoms with Crippen LogP contribution in [0.3, 0.4) is 0 Å². The van der Waals surface area contributed by atoms with Crippen LogP contribution >= 0.6 is 11.8 Å². The Balaban J connectivity index is 1.97. The lowest BCUT2D eigenvalue weighted by Crippen LogP contribution is -2.18. The number of nitrogens with zero attached hydrogens (tertiary/aromatic N) is 2. The molecule has 0 fully saturated rings. The number of hydrogen-bond acceptors (Lipinski definition) is 4. The van der Waals surface area contributed by atoms with Gasteiger partial charge in [0.1, 0.15) is 19.0 Å². The Morgan fingerprint density at radius 3 is 2.77 bits per heavy atom. The van der Waals surface area contributed by atoms with Gasteiger partial charge in [0, 0.05) is 5.69 Å². The first-order valence-electron chi connectivity index (χ1n) is 6.49. The first-order valence-corrected chi connectivity index (χ1v) is 7.48. The fourth-order valence-corrected chi connectivity index (χ4v) is 2.72. The molecule has 108 valence electrons. The zero-order valence-corrected chi connectivity index (χ0v) is 12.7. The maximum atomic E-state index is 11.9. The van der Waals surface area contributed by atoms with Gasteiger partial charge in [0.25, 0.3) is 5.91 Å². The molecule has 1 aliphatic heterocycles. The highest BCUT2D eigenvalue weighted by Crippen LogP contribution is 2.23. The molecule has 0 aromatic heterocycles. The van der Waals surface area contributed by atoms with Crippen molar-refractivity contribution in [2.45, 2.75) is 13.3 Å². The van der Waals surface area contributed by atoms with Crippen LogP contribution in [0.4, 0.5) is 5.69 Å². The number of hydrogen-bond donors (Lipinski definition) is 1. The Morgan fingerprint density at radius 1 is 1.45 bits per heavy atom. The number of aliphatic imine (C=N–C) groups is 1. The Bertz CT molecular complexity index is 717. The average molecular weight is 309 g/mol. The number of nitrogens with one attached hydrogen (secondary N) is 1. The van der Waals surface area contributed by atoms with Crippen LogP contribution in [-0.4, -0.2) is 30.5 Å². The van der Waals surface area contributed by atoms with Gasteiger partial charge in [-0.25, -0.2) is 4.99 Å². The molecule has 5 nitrogen and oxygen atoms in total. The van der Waals surface area contributed by atoms with Crippen LogP contribution < -0.4 is 10.8 Å². The minimum Gasteiger partial charge on any atom is -0.325 e. The van der Waals surface area contributed by atoms with Crippen LogP contribution in [0.25, 0.3) is 0 Å². The minimum absolute atomic E-state index is 0.0644. The standard InChI is InChI=1S/C15H12BN3O2S/c1-9-6-13(20)19-15(12(9)7-17)22-8-14(21)18-11-4-2-10(16)3-5-11/h2-5H,6,8H2,1H3,(H,18,21). The van der Waals surface area contributed by atoms with Gasteiger partial charge in [-0.1, -0.05) is 29.4 Å². The summed E-state index contributed by atoms with van der Waals surface area (Å²) < 4.78 is 0. The van der Waals surface area contributed by atoms with Crippen LogP contribution in [0.5, 0.6) is 0 Å². The predicted octanol–water partition coefficient (Wildman–Crippen LogP) is 1.32. The molecule has 0 unspecified atom stereocenters. The van der Waals surface area contributed by atoms with Crippen molar-refractivity contribution in [3.63, 3.8) is 0 Å². The van der Waals surface area contributed by atoms with Crippen molar-refractivity contribution in [1.82, 2.24) is 0 Å². The molecule has 1 aromatic rings. The fraction of sp³-hybridized carbons (Fsp3) is 0.200. The summed E-state index contributed by atoms with van der Waals surface area (Å²) in [6.07, 6.45) is 0.157. The Labute approximate surface area is 133 Å². The summed E-state index contributed by atoms with van der Waals surface area (Å²) in [6, 6.07) is 8.81. The Kier molecular flexibility index (Phi) is 5.18. The van der Waals surface area contributed by atoms with E-state index in [4.69, 9.17) is 13.1 Å². The van der Waals surface area contributed by atoms with E-state index in [0.29, 0.717) is 27.3 Å². The predicted molar refractivity (Wildman–Crippen MR) is 88.3 cm³/mol. The number of nitriles is 1. The maximum absolute atomic E-state index is 11.9. The zero-order valence-electron chi connectivity index (χ0n) is 11.9. The quantitative estimate of drug-likeness (QED) is 0.854. The summed E-state index contributed by atoms with van der Waals surface area (Å²) in [5.41, 5.74) is 2.31. The van der Waals surface area contributed by atoms with Gasteiger partial charge >= 0.3 is 0 Å². The van der Waals surface area contributed by atoms with E-state index in [1.165, 1.54) is 0 Å². The molecule has 1 aliphatic rings. The third-order valence-electron chi connectivity index (χ3n) is 2.93. The van der Waals surface area contributed by atoms with Gasteiger partial charge in [-0.15, -0.1) is 0 Å². The Morgan fingerprint density at radius 2 is 2.14 bits per heavy atom. The van der Waals surface area contributed by atoms with Gasteiger partial charge in [-0.2, -0.15) is 5.26 Å². The van der Waals surface area contributed by atoms with Crippen molar-refractivity contribution in [3.8, 4) is 6.07 Å². The molecule has 0 atom stereocenters. The summed E-state index contributed by atoms with van der Waals surface area (Å²) in [6.45, 7) is 1.72. The molecule has 0 saturated carbocycles. The highest BCUT2D eigenvalue weighted by molar-refractivity contribution is 8.15. The van der Waals surface area contributed by atoms with Crippen LogP contribution in [0, 0.1) is 11.3 Å². The first kappa shape index (κ1) is 16.1. The SMILES string of the molecule is [B]c1ccc(NC(=O)CSC2=NC(=O)CC(C)=C2C#N)cc1. The van der Waals surface area contributed by atoms with Crippen LogP contribution in [0.1, 0.15) is 13.3 Å². The number of thioether (sulfide) groups is 1. The zero-order chi connectivity index (χ0) is 16.1. The molecule has 2 rings (SSSR count). The molecule has 0 spiro atoms. The van der Waals surface area contributed by atoms with Gasteiger partial charge in [0.05, 0.1) is 17.7 Å². The second-order valence-electron chi connectivity index (χ2n) is 4.71. The molecule has 1 heterocycles. The number of benzene rings is 1. The van der Waals surface area contributed by atoms with E-state index < -0.39 is 0 Å². The largest absolute Gasteiger partial charge is 0.325 e. The third kappa shape index (κ3) is 4.09. The molecular formula is C15H12BN3O2S. The molecule has 0 saturated heterocycles. The topological polar surface area (TPSA) is 82.3 Å². The van der Waals surface area contributed by atoms with Gasteiger partial charge in [0.15, 0.2) is 0 Å². The molecule has 2 radical (unpaired) electrons. The van der Waals surface area contributed by atoms with Crippen LogP contribution in [-0.2, 0) is 9.59 Å². The molecule has 2 amide bonds. The monoisotopic (exact) mass is 309 g/mol. The van der Waals surface area contributed by atoms with E-state index in [1.54, 1.807) is 31.2 Å². The van der Waals surface area contributed by atoms with E-state index in [2.05, 4.69) is 10.3 Å². The lowest BCUT2D eigenvalue weighted by molar-refractivity contribution is -0.117. The summed E-state index contributed by atoms with van der Waals surface area (Å²) in [5.74, 6) is -0.474. The molecular weight excluding hydrogens is 297 g/mol. The minimum atomic E-state index is -0.294. The van der Waals surface area contributed by atoms with Crippen molar-refractivity contribution in [2.24, 2.45) is 4.99 Å². The second-order valence-corrected chi connectivity index (χ2v) is 5.68. The molecule has 1 N–H and O–H groups in total. The van der Waals surface area contributed by atoms with E-state index in [-0.39, 0.29) is 24.0 Å². The highest BCUT2D eigenvalue weighted by atomic mass is 32.2. The third-order valence-corrected chi connectivity index (χ3v) is 3.90. The number of amides is 2. The van der Waals surface area contributed by atoms with Crippen molar-refractivity contribution < 1.29 is 9.59 Å². The van der Waals surface area contributed by atoms with E-state index in [1.807, 2.05) is 6.07 Å². The summed E-state index contributed by atoms with van der Waals surface area (Å²) >= 11 is 1.08. The molecule has 0 bridgehead atoms. The van der Waals surface area contributed by atoms with Crippen molar-refractivity contribution in [2.75, 3.05) is 11.1 Å². The maximum Gasteiger partial charge on any atom is 0.250 e. The number of anilines is 1. The fourth-order valence-electron chi connectivity index (χ4n) is 1.85. The second kappa shape index (κ2) is 7.10. The molecule has 22 heavy (non-hydrogen) atoms. The lowest BCUT2D eigenvalue weighted by atomic mass is 9.96. The van der Waals surface area contributed by atoms with Crippen molar-refractivity contribution in [3.05, 3.63) is 35.4 Å². The van der Waals surface area contributed by atoms with Crippen molar-refractivity contribution in [1.29, 1.82) is 5.26 Å². The van der Waals surface area contributed by atoms with Crippen LogP contribution in [0.2, 0.25) is 0 Å². The first-order chi connectivity index (χ1) is 10.5. The van der Waals surface area contributed by atoms with Crippen LogP contribution in [0.15, 0.2) is 40.4 Å². The molecule has 7 heteroatoms. The highest BCUT2D eigenvalue weighted by Gasteiger charge is 2.20. The van der Waals surface area contributed by atoms with Gasteiger partial charge < -0.3 is 5.32 Å². The average Bonchev–Trinajstić information content (AvgIpc) is 2.47. The normalized spacial score (nSPS) is 14.4. The van der Waals surface area contributed by atoms with E-state index >= 15 is 0 Å². The van der Waals surface area contributed by atoms with Gasteiger partial charge in [-0.3, -0.25) is 9.59 Å². The number of rotatable bonds is 3. The number of carbonyl (C=O) groups is 2. The summed E-state index contributed by atoms with van der Waals surface area (Å²) in [4.78, 5) is 27.2. The van der Waals surface area contributed by atoms with Gasteiger partial charge in [0.2, 0.25) is 5.91 Å². The van der Waals surface area contributed by atoms with E-state index in [0.717, 1.165) is 11.8 Å². The summed E-state index contributed by atoms with van der Waals surface area (Å²) in [7, 11) is 5.57. The Hall–Kier alpha value is -2.33. The van der Waals surface area contributed by atoms with Gasteiger partial charge in [-0.05, 0) is 24.6 Å².